The van der Waals surface area contributed by atoms with Crippen molar-refractivity contribution in [3.63, 3.8) is 0 Å². The van der Waals surface area contributed by atoms with Gasteiger partial charge in [0.25, 0.3) is 5.91 Å². The summed E-state index contributed by atoms with van der Waals surface area (Å²) >= 11 is 0. The van der Waals surface area contributed by atoms with Gasteiger partial charge in [-0.1, -0.05) is 6.07 Å². The Hall–Kier alpha value is -1.88. The minimum atomic E-state index is -0.483. The lowest BCUT2D eigenvalue weighted by Crippen LogP contribution is -2.54. The van der Waals surface area contributed by atoms with Crippen molar-refractivity contribution in [3.05, 3.63) is 34.9 Å². The Kier molecular flexibility index (Phi) is 4.04. The molecule has 1 aromatic carbocycles. The quantitative estimate of drug-likeness (QED) is 0.622. The standard InChI is InChI=1S/C22H28N2O3/c25-20(23-27)18-3-4-19-13-24(5-1-2-17(19)9-18)21(26)22-10-14-6-15(11-22)8-16(7-14)12-22/h3-4,9,14-16,27H,1-2,5-8,10-13H2,(H,23,25). The minimum Gasteiger partial charge on any atom is -0.338 e. The molecule has 5 aliphatic rings. The van der Waals surface area contributed by atoms with Crippen LogP contribution in [0.1, 0.15) is 66.4 Å². The molecular formula is C22H28N2O3. The summed E-state index contributed by atoms with van der Waals surface area (Å²) in [7, 11) is 0. The monoisotopic (exact) mass is 368 g/mol. The van der Waals surface area contributed by atoms with Crippen LogP contribution in [0.5, 0.6) is 0 Å². The van der Waals surface area contributed by atoms with Gasteiger partial charge in [-0.25, -0.2) is 5.48 Å². The molecule has 2 N–H and O–H groups in total. The molecule has 0 radical (unpaired) electrons. The van der Waals surface area contributed by atoms with E-state index in [4.69, 9.17) is 5.21 Å². The highest BCUT2D eigenvalue weighted by Crippen LogP contribution is 2.60. The molecule has 4 bridgehead atoms. The van der Waals surface area contributed by atoms with Crippen molar-refractivity contribution < 1.29 is 14.8 Å². The third-order valence-electron chi connectivity index (χ3n) is 7.58. The van der Waals surface area contributed by atoms with Gasteiger partial charge in [0.05, 0.1) is 5.41 Å². The predicted octanol–water partition coefficient (Wildman–Crippen LogP) is 3.30. The largest absolute Gasteiger partial charge is 0.338 e. The average molecular weight is 368 g/mol. The van der Waals surface area contributed by atoms with Crippen molar-refractivity contribution in [2.75, 3.05) is 6.54 Å². The van der Waals surface area contributed by atoms with E-state index < -0.39 is 5.91 Å². The minimum absolute atomic E-state index is 0.0873. The van der Waals surface area contributed by atoms with E-state index in [1.165, 1.54) is 19.3 Å². The van der Waals surface area contributed by atoms with Gasteiger partial charge in [-0.3, -0.25) is 14.8 Å². The fourth-order valence-electron chi connectivity index (χ4n) is 6.85. The molecule has 0 spiro atoms. The average Bonchev–Trinajstić information content (AvgIpc) is 2.87. The Balaban J connectivity index is 1.39. The molecule has 1 heterocycles. The van der Waals surface area contributed by atoms with Gasteiger partial charge in [0.1, 0.15) is 0 Å². The van der Waals surface area contributed by atoms with Crippen molar-refractivity contribution in [3.8, 4) is 0 Å². The first-order valence-corrected chi connectivity index (χ1v) is 10.4. The van der Waals surface area contributed by atoms with Crippen molar-refractivity contribution in [2.24, 2.45) is 23.2 Å². The lowest BCUT2D eigenvalue weighted by Gasteiger charge is -2.56. The third kappa shape index (κ3) is 2.87. The number of nitrogens with one attached hydrogen (secondary N) is 1. The highest BCUT2D eigenvalue weighted by atomic mass is 16.5. The van der Waals surface area contributed by atoms with E-state index in [9.17, 15) is 9.59 Å². The molecular weight excluding hydrogens is 340 g/mol. The van der Waals surface area contributed by atoms with Gasteiger partial charge in [-0.2, -0.15) is 0 Å². The molecule has 0 aromatic heterocycles. The Morgan fingerprint density at radius 3 is 2.33 bits per heavy atom. The second-order valence-corrected chi connectivity index (χ2v) is 9.45. The van der Waals surface area contributed by atoms with Gasteiger partial charge in [-0.15, -0.1) is 0 Å². The van der Waals surface area contributed by atoms with E-state index in [0.717, 1.165) is 67.5 Å². The molecule has 0 saturated heterocycles. The second-order valence-electron chi connectivity index (χ2n) is 9.45. The van der Waals surface area contributed by atoms with Crippen molar-refractivity contribution >= 4 is 11.8 Å². The number of rotatable bonds is 2. The fourth-order valence-corrected chi connectivity index (χ4v) is 6.85. The first-order valence-electron chi connectivity index (χ1n) is 10.4. The Labute approximate surface area is 160 Å². The van der Waals surface area contributed by atoms with Gasteiger partial charge in [0.2, 0.25) is 5.91 Å². The van der Waals surface area contributed by atoms with E-state index in [1.807, 2.05) is 12.1 Å². The number of benzene rings is 1. The van der Waals surface area contributed by atoms with Crippen LogP contribution in [0.3, 0.4) is 0 Å². The number of fused-ring (bicyclic) bond motifs is 1. The highest BCUT2D eigenvalue weighted by Gasteiger charge is 2.55. The number of nitrogens with zero attached hydrogens (tertiary/aromatic N) is 1. The van der Waals surface area contributed by atoms with Crippen molar-refractivity contribution in [2.45, 2.75) is 57.9 Å². The van der Waals surface area contributed by atoms with Gasteiger partial charge in [0, 0.05) is 18.7 Å². The zero-order valence-electron chi connectivity index (χ0n) is 15.7. The number of hydroxylamine groups is 1. The van der Waals surface area contributed by atoms with Gasteiger partial charge < -0.3 is 4.90 Å². The Morgan fingerprint density at radius 1 is 1.04 bits per heavy atom. The summed E-state index contributed by atoms with van der Waals surface area (Å²) in [5, 5.41) is 8.86. The van der Waals surface area contributed by atoms with Crippen molar-refractivity contribution in [1.82, 2.24) is 10.4 Å². The number of aryl methyl sites for hydroxylation is 1. The van der Waals surface area contributed by atoms with E-state index in [2.05, 4.69) is 4.90 Å². The molecule has 1 aliphatic heterocycles. The van der Waals surface area contributed by atoms with E-state index >= 15 is 0 Å². The van der Waals surface area contributed by atoms with Crippen LogP contribution < -0.4 is 5.48 Å². The summed E-state index contributed by atoms with van der Waals surface area (Å²) in [6, 6.07) is 5.55. The molecule has 5 heteroatoms. The van der Waals surface area contributed by atoms with E-state index in [0.29, 0.717) is 18.0 Å². The van der Waals surface area contributed by atoms with Crippen LogP contribution in [0.4, 0.5) is 0 Å². The molecule has 0 unspecified atom stereocenters. The zero-order valence-corrected chi connectivity index (χ0v) is 15.7. The molecule has 2 amide bonds. The van der Waals surface area contributed by atoms with E-state index in [-0.39, 0.29) is 5.41 Å². The smallest absolute Gasteiger partial charge is 0.274 e. The van der Waals surface area contributed by atoms with Gasteiger partial charge in [-0.05, 0) is 92.4 Å². The summed E-state index contributed by atoms with van der Waals surface area (Å²) in [4.78, 5) is 27.5. The molecule has 27 heavy (non-hydrogen) atoms. The molecule has 0 atom stereocenters. The maximum atomic E-state index is 13.7. The number of amides is 2. The fraction of sp³-hybridized carbons (Fsp3) is 0.636. The summed E-state index contributed by atoms with van der Waals surface area (Å²) < 4.78 is 0. The molecule has 6 rings (SSSR count). The van der Waals surface area contributed by atoms with Gasteiger partial charge >= 0.3 is 0 Å². The SMILES string of the molecule is O=C(NO)c1ccc2c(c1)CCCN(C(=O)C13CC4CC(CC(C4)C1)C3)C2. The predicted molar refractivity (Wildman–Crippen MR) is 100 cm³/mol. The molecule has 1 aromatic rings. The van der Waals surface area contributed by atoms with E-state index in [1.54, 1.807) is 11.5 Å². The number of hydrogen-bond donors (Lipinski definition) is 2. The number of carbonyl (C=O) groups is 2. The van der Waals surface area contributed by atoms with Crippen LogP contribution in [-0.4, -0.2) is 28.5 Å². The summed E-state index contributed by atoms with van der Waals surface area (Å²) in [5.41, 5.74) is 4.34. The van der Waals surface area contributed by atoms with Crippen LogP contribution in [0, 0.1) is 23.2 Å². The van der Waals surface area contributed by atoms with Crippen LogP contribution in [0.25, 0.3) is 0 Å². The zero-order chi connectivity index (χ0) is 18.6. The second kappa shape index (κ2) is 6.33. The Bertz CT molecular complexity index is 752. The lowest BCUT2D eigenvalue weighted by molar-refractivity contribution is -0.158. The molecule has 144 valence electrons. The molecule has 4 fully saturated rings. The molecule has 5 nitrogen and oxygen atoms in total. The molecule has 4 aliphatic carbocycles. The number of hydrogen-bond acceptors (Lipinski definition) is 3. The molecule has 4 saturated carbocycles. The lowest BCUT2D eigenvalue weighted by atomic mass is 9.49. The topological polar surface area (TPSA) is 69.6 Å². The third-order valence-corrected chi connectivity index (χ3v) is 7.58. The first kappa shape index (κ1) is 17.2. The maximum Gasteiger partial charge on any atom is 0.274 e. The highest BCUT2D eigenvalue weighted by molar-refractivity contribution is 5.93. The van der Waals surface area contributed by atoms with Crippen LogP contribution in [0.15, 0.2) is 18.2 Å². The van der Waals surface area contributed by atoms with Crippen LogP contribution in [-0.2, 0) is 17.8 Å². The summed E-state index contributed by atoms with van der Waals surface area (Å²) in [5.74, 6) is 2.24. The Morgan fingerprint density at radius 2 is 1.70 bits per heavy atom. The van der Waals surface area contributed by atoms with Crippen molar-refractivity contribution in [1.29, 1.82) is 0 Å². The van der Waals surface area contributed by atoms with Gasteiger partial charge in [0.15, 0.2) is 0 Å². The van der Waals surface area contributed by atoms with Crippen LogP contribution in [0.2, 0.25) is 0 Å². The normalized spacial score (nSPS) is 34.1. The maximum absolute atomic E-state index is 13.7. The summed E-state index contributed by atoms with van der Waals surface area (Å²) in [6.45, 7) is 1.45. The number of carbonyl (C=O) groups excluding carboxylic acids is 2. The summed E-state index contributed by atoms with van der Waals surface area (Å²) in [6.07, 6.45) is 9.17. The first-order chi connectivity index (χ1) is 13.1. The van der Waals surface area contributed by atoms with Crippen LogP contribution >= 0.6 is 0 Å².